The number of hydrogen-bond donors (Lipinski definition) is 2. The molecule has 0 aliphatic carbocycles. The van der Waals surface area contributed by atoms with Crippen LogP contribution in [0.5, 0.6) is 0 Å². The number of carbonyl (C=O) groups is 1. The van der Waals surface area contributed by atoms with E-state index >= 15 is 0 Å². The normalized spacial score (nSPS) is 11.1. The van der Waals surface area contributed by atoms with Crippen molar-refractivity contribution in [2.75, 3.05) is 5.32 Å². The van der Waals surface area contributed by atoms with Gasteiger partial charge in [0.1, 0.15) is 17.2 Å². The van der Waals surface area contributed by atoms with Crippen LogP contribution < -0.4 is 10.7 Å². The minimum Gasteiger partial charge on any atom is -0.360 e. The van der Waals surface area contributed by atoms with Crippen LogP contribution in [0.3, 0.4) is 0 Å². The lowest BCUT2D eigenvalue weighted by molar-refractivity contribution is 0.102. The van der Waals surface area contributed by atoms with E-state index in [0.717, 1.165) is 17.8 Å². The zero-order valence-electron chi connectivity index (χ0n) is 14.4. The van der Waals surface area contributed by atoms with Gasteiger partial charge >= 0.3 is 0 Å². The molecule has 2 N–H and O–H groups in total. The highest BCUT2D eigenvalue weighted by atomic mass is 35.5. The van der Waals surface area contributed by atoms with E-state index in [-0.39, 0.29) is 16.5 Å². The number of pyridine rings is 2. The maximum atomic E-state index is 14.1. The van der Waals surface area contributed by atoms with Crippen molar-refractivity contribution in [3.8, 4) is 0 Å². The lowest BCUT2D eigenvalue weighted by Gasteiger charge is -2.11. The maximum Gasteiger partial charge on any atom is 0.261 e. The van der Waals surface area contributed by atoms with Gasteiger partial charge in [0.15, 0.2) is 0 Å². The Morgan fingerprint density at radius 3 is 2.79 bits per heavy atom. The number of benzene rings is 2. The van der Waals surface area contributed by atoms with Gasteiger partial charge < -0.3 is 10.3 Å². The predicted molar refractivity (Wildman–Crippen MR) is 104 cm³/mol. The van der Waals surface area contributed by atoms with E-state index in [1.807, 2.05) is 0 Å². The number of aryl methyl sites for hydroxylation is 1. The van der Waals surface area contributed by atoms with E-state index in [9.17, 15) is 18.4 Å². The number of aromatic amines is 1. The summed E-state index contributed by atoms with van der Waals surface area (Å²) in [5.41, 5.74) is 0.629. The number of rotatable bonds is 2. The summed E-state index contributed by atoms with van der Waals surface area (Å²) in [6.45, 7) is 1.80. The van der Waals surface area contributed by atoms with Gasteiger partial charge in [-0.2, -0.15) is 0 Å². The molecule has 4 aromatic rings. The van der Waals surface area contributed by atoms with Crippen molar-refractivity contribution in [1.29, 1.82) is 0 Å². The lowest BCUT2D eigenvalue weighted by Crippen LogP contribution is -2.22. The number of aromatic nitrogens is 2. The Balaban J connectivity index is 1.80. The second-order valence-electron chi connectivity index (χ2n) is 6.22. The molecule has 0 radical (unpaired) electrons. The molecule has 2 heterocycles. The fraction of sp³-hybridized carbons (Fsp3) is 0.0500. The quantitative estimate of drug-likeness (QED) is 0.518. The largest absolute Gasteiger partial charge is 0.360 e. The SMILES string of the molecule is Cc1c(Cl)ccc2c(NC(=O)c3c[nH]c4cc(F)cc(F)c4c3=O)ccnc12. The van der Waals surface area contributed by atoms with Gasteiger partial charge in [0.05, 0.1) is 22.1 Å². The Kier molecular flexibility index (Phi) is 4.31. The standard InChI is InChI=1S/C20H12ClF2N3O2/c1-9-13(21)3-2-11-15(4-5-24-18(9)11)26-20(28)12-8-25-16-7-10(22)6-14(23)17(16)19(12)27/h2-8H,1H3,(H,25,27)(H,24,26,28). The lowest BCUT2D eigenvalue weighted by atomic mass is 10.1. The van der Waals surface area contributed by atoms with Gasteiger partial charge in [-0.25, -0.2) is 8.78 Å². The zero-order valence-corrected chi connectivity index (χ0v) is 15.2. The van der Waals surface area contributed by atoms with Crippen LogP contribution in [0.15, 0.2) is 47.5 Å². The molecule has 0 saturated heterocycles. The van der Waals surface area contributed by atoms with Crippen LogP contribution in [0.2, 0.25) is 5.02 Å². The van der Waals surface area contributed by atoms with Gasteiger partial charge in [-0.15, -0.1) is 0 Å². The predicted octanol–water partition coefficient (Wildman–Crippen LogP) is 4.57. The summed E-state index contributed by atoms with van der Waals surface area (Å²) in [6.07, 6.45) is 2.64. The summed E-state index contributed by atoms with van der Waals surface area (Å²) in [5.74, 6) is -2.59. The van der Waals surface area contributed by atoms with Crippen molar-refractivity contribution in [1.82, 2.24) is 9.97 Å². The van der Waals surface area contributed by atoms with Crippen LogP contribution in [0.25, 0.3) is 21.8 Å². The van der Waals surface area contributed by atoms with E-state index in [1.165, 1.54) is 6.20 Å². The number of H-pyrrole nitrogens is 1. The van der Waals surface area contributed by atoms with Crippen LogP contribution in [0, 0.1) is 18.6 Å². The van der Waals surface area contributed by atoms with Gasteiger partial charge in [-0.05, 0) is 36.8 Å². The Morgan fingerprint density at radius 2 is 2.00 bits per heavy atom. The average Bonchev–Trinajstić information content (AvgIpc) is 2.64. The molecule has 0 unspecified atom stereocenters. The summed E-state index contributed by atoms with van der Waals surface area (Å²) in [5, 5.41) is 3.45. The van der Waals surface area contributed by atoms with E-state index < -0.39 is 23.0 Å². The molecule has 0 bridgehead atoms. The highest BCUT2D eigenvalue weighted by Crippen LogP contribution is 2.28. The Bertz CT molecular complexity index is 1330. The second kappa shape index (κ2) is 6.69. The number of amides is 1. The minimum atomic E-state index is -1.04. The topological polar surface area (TPSA) is 74.8 Å². The van der Waals surface area contributed by atoms with Crippen molar-refractivity contribution in [3.63, 3.8) is 0 Å². The van der Waals surface area contributed by atoms with Crippen molar-refractivity contribution >= 4 is 45.0 Å². The molecule has 2 aromatic heterocycles. The molecule has 0 aliphatic rings. The van der Waals surface area contributed by atoms with E-state index in [2.05, 4.69) is 15.3 Å². The van der Waals surface area contributed by atoms with Crippen molar-refractivity contribution < 1.29 is 13.6 Å². The fourth-order valence-corrected chi connectivity index (χ4v) is 3.22. The van der Waals surface area contributed by atoms with Crippen LogP contribution in [-0.2, 0) is 0 Å². The molecular weight excluding hydrogens is 388 g/mol. The van der Waals surface area contributed by atoms with E-state index in [1.54, 1.807) is 25.1 Å². The molecule has 0 atom stereocenters. The summed E-state index contributed by atoms with van der Waals surface area (Å²) in [6, 6.07) is 6.56. The minimum absolute atomic E-state index is 0.0290. The summed E-state index contributed by atoms with van der Waals surface area (Å²) in [7, 11) is 0. The fourth-order valence-electron chi connectivity index (χ4n) is 3.07. The first-order chi connectivity index (χ1) is 13.4. The van der Waals surface area contributed by atoms with Gasteiger partial charge in [0.25, 0.3) is 5.91 Å². The smallest absolute Gasteiger partial charge is 0.261 e. The Hall–Kier alpha value is -3.32. The number of anilines is 1. The molecule has 8 heteroatoms. The molecule has 2 aromatic carbocycles. The van der Waals surface area contributed by atoms with Gasteiger partial charge in [0, 0.05) is 28.9 Å². The molecule has 1 amide bonds. The highest BCUT2D eigenvalue weighted by molar-refractivity contribution is 6.32. The third-order valence-corrected chi connectivity index (χ3v) is 4.90. The highest BCUT2D eigenvalue weighted by Gasteiger charge is 2.18. The van der Waals surface area contributed by atoms with Crippen molar-refractivity contribution in [2.24, 2.45) is 0 Å². The van der Waals surface area contributed by atoms with Crippen LogP contribution >= 0.6 is 11.6 Å². The van der Waals surface area contributed by atoms with E-state index in [4.69, 9.17) is 11.6 Å². The van der Waals surface area contributed by atoms with Gasteiger partial charge in [-0.3, -0.25) is 14.6 Å². The number of hydrogen-bond acceptors (Lipinski definition) is 3. The van der Waals surface area contributed by atoms with Crippen LogP contribution in [0.1, 0.15) is 15.9 Å². The number of nitrogens with one attached hydrogen (secondary N) is 2. The first kappa shape index (κ1) is 18.1. The zero-order chi connectivity index (χ0) is 20.0. The molecular formula is C20H12ClF2N3O2. The second-order valence-corrected chi connectivity index (χ2v) is 6.63. The molecule has 0 spiro atoms. The number of carbonyl (C=O) groups excluding carboxylic acids is 1. The molecule has 4 rings (SSSR count). The number of halogens is 3. The molecule has 0 aliphatic heterocycles. The molecule has 28 heavy (non-hydrogen) atoms. The number of fused-ring (bicyclic) bond motifs is 2. The van der Waals surface area contributed by atoms with Gasteiger partial charge in [-0.1, -0.05) is 11.6 Å². The van der Waals surface area contributed by atoms with Crippen molar-refractivity contribution in [3.05, 3.63) is 80.7 Å². The van der Waals surface area contributed by atoms with Crippen molar-refractivity contribution in [2.45, 2.75) is 6.92 Å². The Labute approximate surface area is 162 Å². The average molecular weight is 400 g/mol. The molecule has 5 nitrogen and oxygen atoms in total. The molecule has 0 saturated carbocycles. The summed E-state index contributed by atoms with van der Waals surface area (Å²) in [4.78, 5) is 32.1. The summed E-state index contributed by atoms with van der Waals surface area (Å²) >= 11 is 6.11. The Morgan fingerprint density at radius 1 is 1.21 bits per heavy atom. The monoisotopic (exact) mass is 399 g/mol. The third kappa shape index (κ3) is 2.90. The number of nitrogens with zero attached hydrogens (tertiary/aromatic N) is 1. The summed E-state index contributed by atoms with van der Waals surface area (Å²) < 4.78 is 27.4. The molecule has 0 fully saturated rings. The van der Waals surface area contributed by atoms with Crippen LogP contribution in [-0.4, -0.2) is 15.9 Å². The third-order valence-electron chi connectivity index (χ3n) is 4.49. The first-order valence-electron chi connectivity index (χ1n) is 8.22. The molecule has 140 valence electrons. The van der Waals surface area contributed by atoms with E-state index in [0.29, 0.717) is 27.7 Å². The maximum absolute atomic E-state index is 14.1. The first-order valence-corrected chi connectivity index (χ1v) is 8.60. The van der Waals surface area contributed by atoms with Gasteiger partial charge in [0.2, 0.25) is 5.43 Å². The van der Waals surface area contributed by atoms with Crippen LogP contribution in [0.4, 0.5) is 14.5 Å².